The minimum absolute atomic E-state index is 0.0579. The summed E-state index contributed by atoms with van der Waals surface area (Å²) < 4.78 is 26.2. The van der Waals surface area contributed by atoms with Crippen molar-refractivity contribution < 1.29 is 8.42 Å². The smallest absolute Gasteiger partial charge is 0.281 e. The van der Waals surface area contributed by atoms with E-state index in [1.807, 2.05) is 6.92 Å². The number of sulfonamides is 1. The fourth-order valence-corrected chi connectivity index (χ4v) is 3.04. The number of benzene rings is 1. The van der Waals surface area contributed by atoms with Crippen LogP contribution >= 0.6 is 12.2 Å². The molecule has 0 radical (unpaired) electrons. The van der Waals surface area contributed by atoms with E-state index in [-0.39, 0.29) is 10.0 Å². The number of H-pyrrole nitrogens is 1. The molecule has 0 aliphatic heterocycles. The molecule has 6 nitrogen and oxygen atoms in total. The van der Waals surface area contributed by atoms with Gasteiger partial charge in [0.15, 0.2) is 5.03 Å². The molecule has 1 aromatic carbocycles. The van der Waals surface area contributed by atoms with Gasteiger partial charge in [-0.15, -0.1) is 0 Å². The number of aryl methyl sites for hydroxylation is 1. The van der Waals surface area contributed by atoms with Crippen LogP contribution in [-0.4, -0.2) is 30.4 Å². The van der Waals surface area contributed by atoms with Gasteiger partial charge in [-0.05, 0) is 12.1 Å². The van der Waals surface area contributed by atoms with E-state index in [0.717, 1.165) is 0 Å². The number of imidazole rings is 1. The number of aromatic amines is 1. The van der Waals surface area contributed by atoms with Crippen molar-refractivity contribution in [3.05, 3.63) is 41.9 Å². The molecular formula is C13H16N4O2S2. The van der Waals surface area contributed by atoms with Crippen LogP contribution in [0.25, 0.3) is 0 Å². The van der Waals surface area contributed by atoms with Gasteiger partial charge in [0.05, 0.1) is 11.9 Å². The Morgan fingerprint density at radius 2 is 2.19 bits per heavy atom. The number of nitrogens with zero attached hydrogens (tertiary/aromatic N) is 2. The highest BCUT2D eigenvalue weighted by atomic mass is 32.2. The molecule has 1 heterocycles. The Hall–Kier alpha value is -1.93. The van der Waals surface area contributed by atoms with Gasteiger partial charge in [-0.3, -0.25) is 4.31 Å². The summed E-state index contributed by atoms with van der Waals surface area (Å²) in [6, 6.07) is 6.76. The Balaban J connectivity index is 2.40. The molecule has 0 fully saturated rings. The maximum absolute atomic E-state index is 12.5. The lowest BCUT2D eigenvalue weighted by Crippen LogP contribution is -2.27. The second-order valence-corrected chi connectivity index (χ2v) is 6.81. The number of nitrogens with one attached hydrogen (secondary N) is 1. The first kappa shape index (κ1) is 15.5. The second-order valence-electron chi connectivity index (χ2n) is 4.43. The van der Waals surface area contributed by atoms with Crippen LogP contribution in [0, 0.1) is 0 Å². The summed E-state index contributed by atoms with van der Waals surface area (Å²) in [4.78, 5) is 7.04. The van der Waals surface area contributed by atoms with Crippen LogP contribution in [0.3, 0.4) is 0 Å². The van der Waals surface area contributed by atoms with Crippen LogP contribution < -0.4 is 10.0 Å². The van der Waals surface area contributed by atoms with E-state index in [4.69, 9.17) is 18.0 Å². The topological polar surface area (TPSA) is 92.1 Å². The summed E-state index contributed by atoms with van der Waals surface area (Å²) in [7, 11) is -2.22. The Morgan fingerprint density at radius 1 is 1.48 bits per heavy atom. The van der Waals surface area contributed by atoms with Crippen LogP contribution in [0.1, 0.15) is 18.3 Å². The van der Waals surface area contributed by atoms with E-state index in [0.29, 0.717) is 23.5 Å². The van der Waals surface area contributed by atoms with Crippen molar-refractivity contribution >= 4 is 32.9 Å². The number of rotatable bonds is 5. The third-order valence-electron chi connectivity index (χ3n) is 3.07. The number of anilines is 1. The van der Waals surface area contributed by atoms with E-state index in [1.165, 1.54) is 17.5 Å². The van der Waals surface area contributed by atoms with E-state index >= 15 is 0 Å². The van der Waals surface area contributed by atoms with Crippen molar-refractivity contribution in [1.29, 1.82) is 0 Å². The van der Waals surface area contributed by atoms with Crippen molar-refractivity contribution in [3.63, 3.8) is 0 Å². The highest BCUT2D eigenvalue weighted by Crippen LogP contribution is 2.22. The maximum Gasteiger partial charge on any atom is 0.281 e. The fourth-order valence-electron chi connectivity index (χ4n) is 1.80. The predicted octanol–water partition coefficient (Wildman–Crippen LogP) is 1.43. The van der Waals surface area contributed by atoms with Gasteiger partial charge in [-0.1, -0.05) is 31.3 Å². The van der Waals surface area contributed by atoms with E-state index < -0.39 is 10.0 Å². The van der Waals surface area contributed by atoms with Crippen molar-refractivity contribution in [2.45, 2.75) is 18.4 Å². The zero-order valence-corrected chi connectivity index (χ0v) is 13.3. The van der Waals surface area contributed by atoms with E-state index in [2.05, 4.69) is 9.97 Å². The lowest BCUT2D eigenvalue weighted by molar-refractivity contribution is 0.591. The van der Waals surface area contributed by atoms with E-state index in [9.17, 15) is 8.42 Å². The molecule has 0 unspecified atom stereocenters. The summed E-state index contributed by atoms with van der Waals surface area (Å²) in [5.41, 5.74) is 6.67. The van der Waals surface area contributed by atoms with Crippen molar-refractivity contribution in [2.24, 2.45) is 5.73 Å². The molecule has 8 heteroatoms. The molecule has 0 aliphatic rings. The summed E-state index contributed by atoms with van der Waals surface area (Å²) in [5, 5.41) is 0.0579. The first-order valence-electron chi connectivity index (χ1n) is 6.29. The van der Waals surface area contributed by atoms with Crippen LogP contribution in [0.5, 0.6) is 0 Å². The van der Waals surface area contributed by atoms with Gasteiger partial charge in [0, 0.05) is 19.0 Å². The molecule has 2 rings (SSSR count). The Morgan fingerprint density at radius 3 is 2.76 bits per heavy atom. The number of nitrogens with two attached hydrogens (primary N) is 1. The Kier molecular flexibility index (Phi) is 4.29. The summed E-state index contributed by atoms with van der Waals surface area (Å²) >= 11 is 4.91. The van der Waals surface area contributed by atoms with Gasteiger partial charge in [0.25, 0.3) is 10.0 Å². The summed E-state index contributed by atoms with van der Waals surface area (Å²) in [6.45, 7) is 1.89. The number of hydrogen-bond acceptors (Lipinski definition) is 4. The number of hydrogen-bond donors (Lipinski definition) is 2. The molecule has 0 saturated carbocycles. The quantitative estimate of drug-likeness (QED) is 0.812. The first-order chi connectivity index (χ1) is 9.86. The summed E-state index contributed by atoms with van der Waals surface area (Å²) in [6.07, 6.45) is 1.96. The number of thiocarbonyl (C=S) groups is 1. The monoisotopic (exact) mass is 324 g/mol. The van der Waals surface area contributed by atoms with E-state index in [1.54, 1.807) is 24.3 Å². The molecule has 112 valence electrons. The SMILES string of the molecule is CCc1ncc(S(=O)(=O)N(C)c2cccc(C(N)=S)c2)[nH]1. The molecule has 3 N–H and O–H groups in total. The average Bonchev–Trinajstić information content (AvgIpc) is 2.96. The van der Waals surface area contributed by atoms with Gasteiger partial charge in [0.1, 0.15) is 10.8 Å². The second kappa shape index (κ2) is 5.82. The Bertz CT molecular complexity index is 768. The van der Waals surface area contributed by atoms with Gasteiger partial charge < -0.3 is 10.7 Å². The Labute approximate surface area is 129 Å². The van der Waals surface area contributed by atoms with Gasteiger partial charge in [-0.25, -0.2) is 4.98 Å². The minimum atomic E-state index is -3.69. The molecule has 21 heavy (non-hydrogen) atoms. The van der Waals surface area contributed by atoms with Crippen LogP contribution in [-0.2, 0) is 16.4 Å². The number of aromatic nitrogens is 2. The minimum Gasteiger partial charge on any atom is -0.389 e. The standard InChI is InChI=1S/C13H16N4O2S2/c1-3-11-15-8-12(16-11)21(18,19)17(2)10-6-4-5-9(7-10)13(14)20/h4-8H,3H2,1-2H3,(H2,14,20)(H,15,16). The molecule has 0 amide bonds. The van der Waals surface area contributed by atoms with Gasteiger partial charge in [-0.2, -0.15) is 8.42 Å². The molecular weight excluding hydrogens is 308 g/mol. The molecule has 2 aromatic rings. The zero-order chi connectivity index (χ0) is 15.6. The van der Waals surface area contributed by atoms with Crippen LogP contribution in [0.15, 0.2) is 35.5 Å². The van der Waals surface area contributed by atoms with Crippen LogP contribution in [0.2, 0.25) is 0 Å². The highest BCUT2D eigenvalue weighted by molar-refractivity contribution is 7.92. The molecule has 0 spiro atoms. The lowest BCUT2D eigenvalue weighted by Gasteiger charge is -2.18. The average molecular weight is 324 g/mol. The molecule has 0 aliphatic carbocycles. The molecule has 0 bridgehead atoms. The van der Waals surface area contributed by atoms with Crippen molar-refractivity contribution in [3.8, 4) is 0 Å². The third-order valence-corrected chi connectivity index (χ3v) is 5.00. The molecule has 1 aromatic heterocycles. The summed E-state index contributed by atoms with van der Waals surface area (Å²) in [5.74, 6) is 0.624. The van der Waals surface area contributed by atoms with Crippen LogP contribution in [0.4, 0.5) is 5.69 Å². The maximum atomic E-state index is 12.5. The highest BCUT2D eigenvalue weighted by Gasteiger charge is 2.23. The normalized spacial score (nSPS) is 11.3. The van der Waals surface area contributed by atoms with Gasteiger partial charge in [0.2, 0.25) is 0 Å². The largest absolute Gasteiger partial charge is 0.389 e. The van der Waals surface area contributed by atoms with Crippen molar-refractivity contribution in [1.82, 2.24) is 9.97 Å². The predicted molar refractivity (Wildman–Crippen MR) is 85.9 cm³/mol. The molecule has 0 atom stereocenters. The lowest BCUT2D eigenvalue weighted by atomic mass is 10.2. The third kappa shape index (κ3) is 3.06. The zero-order valence-electron chi connectivity index (χ0n) is 11.7. The molecule has 0 saturated heterocycles. The first-order valence-corrected chi connectivity index (χ1v) is 8.13. The fraction of sp³-hybridized carbons (Fsp3) is 0.231. The van der Waals surface area contributed by atoms with Crippen molar-refractivity contribution in [2.75, 3.05) is 11.4 Å². The van der Waals surface area contributed by atoms with Gasteiger partial charge >= 0.3 is 0 Å².